The van der Waals surface area contributed by atoms with Crippen LogP contribution in [0.4, 0.5) is 15.8 Å². The average molecular weight is 357 g/mol. The zero-order chi connectivity index (χ0) is 13.0. The molecule has 0 unspecified atom stereocenters. The van der Waals surface area contributed by atoms with Gasteiger partial charge in [-0.3, -0.25) is 4.98 Å². The molecule has 0 saturated heterocycles. The zero-order valence-corrected chi connectivity index (χ0v) is 11.8. The molecule has 3 nitrogen and oxygen atoms in total. The molecule has 0 aliphatic heterocycles. The molecule has 2 aromatic rings. The number of halogens is 2. The van der Waals surface area contributed by atoms with Crippen LogP contribution in [0.3, 0.4) is 0 Å². The van der Waals surface area contributed by atoms with Crippen LogP contribution >= 0.6 is 22.6 Å². The molecule has 0 radical (unpaired) electrons. The summed E-state index contributed by atoms with van der Waals surface area (Å²) in [5.41, 5.74) is 8.21. The van der Waals surface area contributed by atoms with E-state index >= 15 is 0 Å². The number of pyridine rings is 1. The van der Waals surface area contributed by atoms with E-state index in [-0.39, 0.29) is 5.82 Å². The van der Waals surface area contributed by atoms with Crippen molar-refractivity contribution < 1.29 is 4.39 Å². The predicted molar refractivity (Wildman–Crippen MR) is 80.0 cm³/mol. The van der Waals surface area contributed by atoms with Crippen molar-refractivity contribution in [3.63, 3.8) is 0 Å². The second-order valence-electron chi connectivity index (χ2n) is 3.89. The Labute approximate surface area is 119 Å². The van der Waals surface area contributed by atoms with E-state index in [0.29, 0.717) is 21.5 Å². The van der Waals surface area contributed by atoms with Crippen LogP contribution in [0.1, 0.15) is 5.56 Å². The van der Waals surface area contributed by atoms with Gasteiger partial charge in [-0.1, -0.05) is 0 Å². The quantitative estimate of drug-likeness (QED) is 0.653. The van der Waals surface area contributed by atoms with Crippen molar-refractivity contribution in [3.05, 3.63) is 51.6 Å². The molecule has 0 amide bonds. The normalized spacial score (nSPS) is 10.3. The van der Waals surface area contributed by atoms with Gasteiger partial charge in [-0.15, -0.1) is 0 Å². The summed E-state index contributed by atoms with van der Waals surface area (Å²) in [7, 11) is 0. The van der Waals surface area contributed by atoms with Crippen molar-refractivity contribution in [1.29, 1.82) is 0 Å². The third-order valence-electron chi connectivity index (χ3n) is 2.57. The molecule has 0 fully saturated rings. The fraction of sp³-hybridized carbons (Fsp3) is 0.154. The van der Waals surface area contributed by atoms with Crippen LogP contribution in [0.15, 0.2) is 36.7 Å². The third-order valence-corrected chi connectivity index (χ3v) is 3.40. The molecular weight excluding hydrogens is 344 g/mol. The number of nitrogens with zero attached hydrogens (tertiary/aromatic N) is 1. The first-order valence-electron chi connectivity index (χ1n) is 5.54. The minimum absolute atomic E-state index is 0.254. The topological polar surface area (TPSA) is 50.9 Å². The maximum atomic E-state index is 13.4. The number of nitrogen functional groups attached to an aromatic ring is 1. The fourth-order valence-electron chi connectivity index (χ4n) is 1.61. The number of hydrogen-bond donors (Lipinski definition) is 2. The molecule has 0 aliphatic rings. The highest BCUT2D eigenvalue weighted by molar-refractivity contribution is 14.1. The number of rotatable bonds is 4. The summed E-state index contributed by atoms with van der Waals surface area (Å²) in [5, 5.41) is 3.14. The summed E-state index contributed by atoms with van der Waals surface area (Å²) in [4.78, 5) is 3.96. The highest BCUT2D eigenvalue weighted by atomic mass is 127. The van der Waals surface area contributed by atoms with Gasteiger partial charge in [-0.25, -0.2) is 4.39 Å². The minimum atomic E-state index is -0.254. The van der Waals surface area contributed by atoms with Crippen LogP contribution in [0, 0.1) is 9.39 Å². The summed E-state index contributed by atoms with van der Waals surface area (Å²) in [5.74, 6) is -0.254. The maximum Gasteiger partial charge on any atom is 0.138 e. The summed E-state index contributed by atoms with van der Waals surface area (Å²) in [6, 6.07) is 6.98. The highest BCUT2D eigenvalue weighted by Gasteiger charge is 2.05. The van der Waals surface area contributed by atoms with E-state index in [1.54, 1.807) is 18.5 Å². The maximum absolute atomic E-state index is 13.4. The van der Waals surface area contributed by atoms with Crippen LogP contribution < -0.4 is 11.1 Å². The molecule has 0 aliphatic carbocycles. The summed E-state index contributed by atoms with van der Waals surface area (Å²) < 4.78 is 13.9. The van der Waals surface area contributed by atoms with Crippen LogP contribution in [0.2, 0.25) is 0 Å². The Kier molecular flexibility index (Phi) is 4.35. The molecule has 18 heavy (non-hydrogen) atoms. The van der Waals surface area contributed by atoms with Crippen LogP contribution in [-0.4, -0.2) is 11.5 Å². The SMILES string of the molecule is Nc1cc(I)c(F)cc1NCCc1ccncc1. The lowest BCUT2D eigenvalue weighted by Gasteiger charge is -2.10. The van der Waals surface area contributed by atoms with E-state index in [0.717, 1.165) is 6.42 Å². The fourth-order valence-corrected chi connectivity index (χ4v) is 2.10. The summed E-state index contributed by atoms with van der Waals surface area (Å²) in [6.07, 6.45) is 4.36. The van der Waals surface area contributed by atoms with Crippen molar-refractivity contribution in [2.24, 2.45) is 0 Å². The van der Waals surface area contributed by atoms with Gasteiger partial charge in [0.05, 0.1) is 14.9 Å². The van der Waals surface area contributed by atoms with Crippen molar-refractivity contribution >= 4 is 34.0 Å². The zero-order valence-electron chi connectivity index (χ0n) is 9.66. The van der Waals surface area contributed by atoms with E-state index in [1.807, 2.05) is 34.7 Å². The van der Waals surface area contributed by atoms with E-state index < -0.39 is 0 Å². The predicted octanol–water partition coefficient (Wildman–Crippen LogP) is 3.06. The molecule has 5 heteroatoms. The molecule has 0 spiro atoms. The molecule has 1 aromatic carbocycles. The third kappa shape index (κ3) is 3.32. The van der Waals surface area contributed by atoms with Gasteiger partial charge in [-0.2, -0.15) is 0 Å². The van der Waals surface area contributed by atoms with Crippen LogP contribution in [0.25, 0.3) is 0 Å². The Morgan fingerprint density at radius 2 is 2.00 bits per heavy atom. The number of hydrogen-bond acceptors (Lipinski definition) is 3. The second-order valence-corrected chi connectivity index (χ2v) is 5.05. The highest BCUT2D eigenvalue weighted by Crippen LogP contribution is 2.23. The smallest absolute Gasteiger partial charge is 0.138 e. The van der Waals surface area contributed by atoms with Crippen LogP contribution in [0.5, 0.6) is 0 Å². The van der Waals surface area contributed by atoms with Crippen molar-refractivity contribution in [2.75, 3.05) is 17.6 Å². The average Bonchev–Trinajstić information content (AvgIpc) is 2.37. The van der Waals surface area contributed by atoms with Crippen molar-refractivity contribution in [3.8, 4) is 0 Å². The van der Waals surface area contributed by atoms with Gasteiger partial charge in [0.1, 0.15) is 5.82 Å². The monoisotopic (exact) mass is 357 g/mol. The Morgan fingerprint density at radius 3 is 2.72 bits per heavy atom. The van der Waals surface area contributed by atoms with Gasteiger partial charge in [0.15, 0.2) is 0 Å². The van der Waals surface area contributed by atoms with Gasteiger partial charge in [0.2, 0.25) is 0 Å². The minimum Gasteiger partial charge on any atom is -0.397 e. The van der Waals surface area contributed by atoms with Gasteiger partial charge >= 0.3 is 0 Å². The van der Waals surface area contributed by atoms with E-state index in [9.17, 15) is 4.39 Å². The Hall–Kier alpha value is -1.37. The molecule has 0 bridgehead atoms. The molecule has 94 valence electrons. The van der Waals surface area contributed by atoms with E-state index in [1.165, 1.54) is 11.6 Å². The Bertz CT molecular complexity index is 531. The molecular formula is C13H13FIN3. The Morgan fingerprint density at radius 1 is 1.28 bits per heavy atom. The number of anilines is 2. The summed E-state index contributed by atoms with van der Waals surface area (Å²) >= 11 is 1.92. The molecule has 1 aromatic heterocycles. The standard InChI is InChI=1S/C13H13FIN3/c14-10-7-13(12(16)8-11(10)15)18-6-3-9-1-4-17-5-2-9/h1-2,4-5,7-8,18H,3,6,16H2. The van der Waals surface area contributed by atoms with Crippen molar-refractivity contribution in [2.45, 2.75) is 6.42 Å². The first-order valence-corrected chi connectivity index (χ1v) is 6.62. The Balaban J connectivity index is 1.97. The largest absolute Gasteiger partial charge is 0.397 e. The molecule has 2 rings (SSSR count). The van der Waals surface area contributed by atoms with Crippen LogP contribution in [-0.2, 0) is 6.42 Å². The molecule has 0 saturated carbocycles. The van der Waals surface area contributed by atoms with Gasteiger partial charge in [0, 0.05) is 25.0 Å². The van der Waals surface area contributed by atoms with Gasteiger partial charge in [-0.05, 0) is 52.8 Å². The first-order chi connectivity index (χ1) is 8.66. The first kappa shape index (κ1) is 13.1. The number of nitrogens with one attached hydrogen (secondary N) is 1. The van der Waals surface area contributed by atoms with Gasteiger partial charge in [0.25, 0.3) is 0 Å². The number of nitrogens with two attached hydrogens (primary N) is 1. The van der Waals surface area contributed by atoms with E-state index in [2.05, 4.69) is 10.3 Å². The van der Waals surface area contributed by atoms with E-state index in [4.69, 9.17) is 5.73 Å². The second kappa shape index (κ2) is 5.99. The summed E-state index contributed by atoms with van der Waals surface area (Å²) in [6.45, 7) is 0.703. The van der Waals surface area contributed by atoms with Crippen molar-refractivity contribution in [1.82, 2.24) is 4.98 Å². The number of benzene rings is 1. The van der Waals surface area contributed by atoms with Gasteiger partial charge < -0.3 is 11.1 Å². The lowest BCUT2D eigenvalue weighted by atomic mass is 10.2. The molecule has 3 N–H and O–H groups in total. The number of aromatic nitrogens is 1. The molecule has 1 heterocycles. The molecule has 0 atom stereocenters. The lowest BCUT2D eigenvalue weighted by Crippen LogP contribution is -2.07. The lowest BCUT2D eigenvalue weighted by molar-refractivity contribution is 0.621.